The van der Waals surface area contributed by atoms with Gasteiger partial charge in [0.15, 0.2) is 0 Å². The number of carbonyl (C=O) groups is 2. The monoisotopic (exact) mass is 368 g/mol. The van der Waals surface area contributed by atoms with E-state index in [0.29, 0.717) is 24.2 Å². The Morgan fingerprint density at radius 1 is 1.07 bits per heavy atom. The fourth-order valence-corrected chi connectivity index (χ4v) is 3.16. The maximum absolute atomic E-state index is 13.4. The van der Waals surface area contributed by atoms with Gasteiger partial charge in [-0.2, -0.15) is 0 Å². The summed E-state index contributed by atoms with van der Waals surface area (Å²) in [4.78, 5) is 28.7. The lowest BCUT2D eigenvalue weighted by Crippen LogP contribution is -2.35. The van der Waals surface area contributed by atoms with Gasteiger partial charge in [-0.1, -0.05) is 42.5 Å². The summed E-state index contributed by atoms with van der Waals surface area (Å²) in [7, 11) is 3.74. The van der Waals surface area contributed by atoms with Crippen LogP contribution in [-0.4, -0.2) is 53.8 Å². The molecule has 1 aliphatic rings. The lowest BCUT2D eigenvalue weighted by Gasteiger charge is -2.26. The molecule has 6 heteroatoms. The zero-order valence-electron chi connectivity index (χ0n) is 15.2. The van der Waals surface area contributed by atoms with Gasteiger partial charge in [0.25, 0.3) is 11.7 Å². The summed E-state index contributed by atoms with van der Waals surface area (Å²) in [5, 5.41) is 10.8. The lowest BCUT2D eigenvalue weighted by molar-refractivity contribution is -0.140. The summed E-state index contributed by atoms with van der Waals surface area (Å²) in [6.07, 6.45) is 0. The third-order valence-electron chi connectivity index (χ3n) is 4.56. The van der Waals surface area contributed by atoms with E-state index in [1.54, 1.807) is 30.3 Å². The van der Waals surface area contributed by atoms with E-state index < -0.39 is 23.5 Å². The molecule has 0 aliphatic carbocycles. The summed E-state index contributed by atoms with van der Waals surface area (Å²) in [5.41, 5.74) is 1.05. The van der Waals surface area contributed by atoms with Crippen molar-refractivity contribution in [3.8, 4) is 0 Å². The number of nitrogens with zero attached hydrogens (tertiary/aromatic N) is 2. The van der Waals surface area contributed by atoms with Gasteiger partial charge in [0, 0.05) is 18.7 Å². The van der Waals surface area contributed by atoms with Gasteiger partial charge in [0.1, 0.15) is 11.6 Å². The van der Waals surface area contributed by atoms with Gasteiger partial charge >= 0.3 is 0 Å². The number of aliphatic hydroxyl groups excluding tert-OH is 1. The summed E-state index contributed by atoms with van der Waals surface area (Å²) in [6.45, 7) is 0.862. The van der Waals surface area contributed by atoms with Crippen LogP contribution in [0.5, 0.6) is 0 Å². The van der Waals surface area contributed by atoms with Crippen LogP contribution < -0.4 is 0 Å². The third-order valence-corrected chi connectivity index (χ3v) is 4.56. The molecule has 0 aromatic heterocycles. The van der Waals surface area contributed by atoms with Crippen LogP contribution in [0.1, 0.15) is 17.2 Å². The van der Waals surface area contributed by atoms with E-state index in [9.17, 15) is 19.1 Å². The molecule has 3 rings (SSSR count). The van der Waals surface area contributed by atoms with Crippen LogP contribution in [0.25, 0.3) is 5.76 Å². The van der Waals surface area contributed by atoms with E-state index in [2.05, 4.69) is 0 Å². The Hall–Kier alpha value is -2.99. The second kappa shape index (κ2) is 7.72. The predicted octanol–water partition coefficient (Wildman–Crippen LogP) is 2.81. The molecular formula is C21H21FN2O3. The number of benzene rings is 2. The first kappa shape index (κ1) is 18.8. The molecule has 140 valence electrons. The summed E-state index contributed by atoms with van der Waals surface area (Å²) in [5.74, 6) is -2.03. The highest BCUT2D eigenvalue weighted by Crippen LogP contribution is 2.39. The molecular weight excluding hydrogens is 347 g/mol. The van der Waals surface area contributed by atoms with Crippen molar-refractivity contribution in [2.45, 2.75) is 6.04 Å². The van der Waals surface area contributed by atoms with Gasteiger partial charge in [-0.05, 0) is 31.8 Å². The molecule has 0 spiro atoms. The molecule has 5 nitrogen and oxygen atoms in total. The van der Waals surface area contributed by atoms with Crippen LogP contribution in [0.2, 0.25) is 0 Å². The minimum atomic E-state index is -0.759. The largest absolute Gasteiger partial charge is 0.507 e. The fourth-order valence-electron chi connectivity index (χ4n) is 3.16. The number of Topliss-reactive ketones (excluding diaryl/α,β-unsaturated/α-hetero) is 1. The van der Waals surface area contributed by atoms with Gasteiger partial charge in [0.2, 0.25) is 0 Å². The molecule has 27 heavy (non-hydrogen) atoms. The average molecular weight is 368 g/mol. The molecule has 0 unspecified atom stereocenters. The molecule has 1 amide bonds. The van der Waals surface area contributed by atoms with Crippen molar-refractivity contribution in [1.82, 2.24) is 9.80 Å². The molecule has 1 saturated heterocycles. The SMILES string of the molecule is CN(C)CCN1C(=O)C(=O)/C(=C(/O)c2ccccc2)[C@@H]1c1ccc(F)cc1. The zero-order chi connectivity index (χ0) is 19.6. The van der Waals surface area contributed by atoms with Crippen molar-refractivity contribution in [2.24, 2.45) is 0 Å². The number of aliphatic hydroxyl groups is 1. The third kappa shape index (κ3) is 3.75. The number of likely N-dealkylation sites (N-methyl/N-ethyl adjacent to an activating group) is 1. The van der Waals surface area contributed by atoms with Crippen LogP contribution >= 0.6 is 0 Å². The first-order chi connectivity index (χ1) is 12.9. The molecule has 0 bridgehead atoms. The maximum atomic E-state index is 13.4. The fraction of sp³-hybridized carbons (Fsp3) is 0.238. The molecule has 1 aliphatic heterocycles. The number of halogens is 1. The zero-order valence-corrected chi connectivity index (χ0v) is 15.2. The van der Waals surface area contributed by atoms with Crippen molar-refractivity contribution in [3.05, 3.63) is 77.1 Å². The van der Waals surface area contributed by atoms with Crippen LogP contribution in [-0.2, 0) is 9.59 Å². The first-order valence-corrected chi connectivity index (χ1v) is 8.64. The molecule has 1 atom stereocenters. The van der Waals surface area contributed by atoms with E-state index >= 15 is 0 Å². The highest BCUT2D eigenvalue weighted by Gasteiger charge is 2.45. The van der Waals surface area contributed by atoms with Gasteiger partial charge in [-0.25, -0.2) is 4.39 Å². The highest BCUT2D eigenvalue weighted by atomic mass is 19.1. The minimum absolute atomic E-state index is 0.0246. The Bertz CT molecular complexity index is 876. The van der Waals surface area contributed by atoms with Crippen LogP contribution in [0.4, 0.5) is 4.39 Å². The standard InChI is InChI=1S/C21H21FN2O3/c1-23(2)12-13-24-18(14-8-10-16(22)11-9-14)17(20(26)21(24)27)19(25)15-6-4-3-5-7-15/h3-11,18,25H,12-13H2,1-2H3/b19-17+/t18-/m0/s1. The van der Waals surface area contributed by atoms with Crippen molar-refractivity contribution >= 4 is 17.4 Å². The van der Waals surface area contributed by atoms with E-state index in [-0.39, 0.29) is 11.3 Å². The lowest BCUT2D eigenvalue weighted by atomic mass is 9.95. The van der Waals surface area contributed by atoms with Crippen molar-refractivity contribution in [3.63, 3.8) is 0 Å². The van der Waals surface area contributed by atoms with E-state index in [4.69, 9.17) is 0 Å². The second-order valence-corrected chi connectivity index (χ2v) is 6.71. The minimum Gasteiger partial charge on any atom is -0.507 e. The van der Waals surface area contributed by atoms with E-state index in [1.807, 2.05) is 19.0 Å². The van der Waals surface area contributed by atoms with Crippen molar-refractivity contribution in [2.75, 3.05) is 27.2 Å². The second-order valence-electron chi connectivity index (χ2n) is 6.71. The molecule has 1 N–H and O–H groups in total. The summed E-state index contributed by atoms with van der Waals surface area (Å²) >= 11 is 0. The number of hydrogen-bond donors (Lipinski definition) is 1. The Morgan fingerprint density at radius 3 is 2.30 bits per heavy atom. The van der Waals surface area contributed by atoms with E-state index in [0.717, 1.165) is 0 Å². The molecule has 0 radical (unpaired) electrons. The quantitative estimate of drug-likeness (QED) is 0.501. The van der Waals surface area contributed by atoms with Gasteiger partial charge in [0.05, 0.1) is 11.6 Å². The van der Waals surface area contributed by atoms with Gasteiger partial charge < -0.3 is 14.9 Å². The molecule has 2 aromatic rings. The maximum Gasteiger partial charge on any atom is 0.295 e. The highest BCUT2D eigenvalue weighted by molar-refractivity contribution is 6.46. The number of likely N-dealkylation sites (tertiary alicyclic amines) is 1. The smallest absolute Gasteiger partial charge is 0.295 e. The summed E-state index contributed by atoms with van der Waals surface area (Å²) < 4.78 is 13.4. The predicted molar refractivity (Wildman–Crippen MR) is 100 cm³/mol. The van der Waals surface area contributed by atoms with Crippen LogP contribution in [0.15, 0.2) is 60.2 Å². The molecule has 2 aromatic carbocycles. The Kier molecular flexibility index (Phi) is 5.37. The summed E-state index contributed by atoms with van der Waals surface area (Å²) in [6, 6.07) is 13.5. The average Bonchev–Trinajstić information content (AvgIpc) is 2.91. The number of amides is 1. The van der Waals surface area contributed by atoms with Crippen molar-refractivity contribution < 1.29 is 19.1 Å². The first-order valence-electron chi connectivity index (χ1n) is 8.64. The normalized spacial score (nSPS) is 19.1. The molecule has 1 fully saturated rings. The Morgan fingerprint density at radius 2 is 1.70 bits per heavy atom. The molecule has 0 saturated carbocycles. The topological polar surface area (TPSA) is 60.9 Å². The number of rotatable bonds is 5. The number of ketones is 1. The number of carbonyl (C=O) groups excluding carboxylic acids is 2. The Balaban J connectivity index is 2.13. The van der Waals surface area contributed by atoms with Crippen molar-refractivity contribution in [1.29, 1.82) is 0 Å². The van der Waals surface area contributed by atoms with Gasteiger partial charge in [-0.15, -0.1) is 0 Å². The Labute approximate surface area is 157 Å². The molecule has 1 heterocycles. The van der Waals surface area contributed by atoms with Crippen LogP contribution in [0, 0.1) is 5.82 Å². The van der Waals surface area contributed by atoms with Crippen LogP contribution in [0.3, 0.4) is 0 Å². The van der Waals surface area contributed by atoms with Gasteiger partial charge in [-0.3, -0.25) is 9.59 Å². The number of hydrogen-bond acceptors (Lipinski definition) is 4. The van der Waals surface area contributed by atoms with E-state index in [1.165, 1.54) is 29.2 Å².